The number of ketones is 2. The van der Waals surface area contributed by atoms with Crippen molar-refractivity contribution in [3.8, 4) is 5.75 Å². The van der Waals surface area contributed by atoms with E-state index in [0.717, 1.165) is 5.56 Å². The highest BCUT2D eigenvalue weighted by Gasteiger charge is 2.39. The largest absolute Gasteiger partial charge is 0.486 e. The van der Waals surface area contributed by atoms with E-state index in [4.69, 9.17) is 14.2 Å². The summed E-state index contributed by atoms with van der Waals surface area (Å²) in [5, 5.41) is 0. The van der Waals surface area contributed by atoms with Gasteiger partial charge in [0.25, 0.3) is 0 Å². The average molecular weight is 540 g/mol. The second-order valence-corrected chi connectivity index (χ2v) is 11.2. The molecule has 2 aliphatic rings. The van der Waals surface area contributed by atoms with Crippen LogP contribution in [0.2, 0.25) is 0 Å². The van der Waals surface area contributed by atoms with Gasteiger partial charge in [0.1, 0.15) is 24.1 Å². The Morgan fingerprint density at radius 2 is 1.85 bits per heavy atom. The van der Waals surface area contributed by atoms with Crippen LogP contribution in [0.4, 0.5) is 9.18 Å². The first-order chi connectivity index (χ1) is 18.6. The number of ether oxygens (including phenoxy) is 3. The lowest BCUT2D eigenvalue weighted by Gasteiger charge is -2.34. The molecule has 39 heavy (non-hydrogen) atoms. The molecular weight excluding hydrogens is 501 g/mol. The maximum atomic E-state index is 14.1. The van der Waals surface area contributed by atoms with Gasteiger partial charge in [-0.2, -0.15) is 0 Å². The molecule has 0 radical (unpaired) electrons. The van der Waals surface area contributed by atoms with Crippen LogP contribution in [0.3, 0.4) is 0 Å². The normalized spacial score (nSPS) is 20.7. The van der Waals surface area contributed by atoms with E-state index in [-0.39, 0.29) is 36.6 Å². The third-order valence-corrected chi connectivity index (χ3v) is 7.07. The molecule has 1 amide bonds. The number of halogens is 1. The van der Waals surface area contributed by atoms with E-state index in [2.05, 4.69) is 0 Å². The molecule has 7 nitrogen and oxygen atoms in total. The third kappa shape index (κ3) is 6.85. The summed E-state index contributed by atoms with van der Waals surface area (Å²) in [7, 11) is 0. The molecule has 4 rings (SSSR count). The molecule has 0 unspecified atom stereocenters. The third-order valence-electron chi connectivity index (χ3n) is 7.07. The lowest BCUT2D eigenvalue weighted by atomic mass is 9.85. The zero-order valence-electron chi connectivity index (χ0n) is 23.2. The first kappa shape index (κ1) is 28.7. The number of morpholine rings is 1. The topological polar surface area (TPSA) is 82.1 Å². The molecule has 0 aromatic heterocycles. The highest BCUT2D eigenvalue weighted by atomic mass is 19.1. The van der Waals surface area contributed by atoms with Gasteiger partial charge in [-0.15, -0.1) is 0 Å². The van der Waals surface area contributed by atoms with Crippen molar-refractivity contribution >= 4 is 17.7 Å². The van der Waals surface area contributed by atoms with Gasteiger partial charge < -0.3 is 19.1 Å². The minimum atomic E-state index is -0.757. The fraction of sp³-hybridized carbons (Fsp3) is 0.516. The second-order valence-electron chi connectivity index (χ2n) is 11.2. The van der Waals surface area contributed by atoms with Crippen molar-refractivity contribution in [3.63, 3.8) is 0 Å². The summed E-state index contributed by atoms with van der Waals surface area (Å²) in [4.78, 5) is 40.2. The summed E-state index contributed by atoms with van der Waals surface area (Å²) in [5.74, 6) is -0.270. The van der Waals surface area contributed by atoms with Gasteiger partial charge in [0.15, 0.2) is 11.6 Å². The van der Waals surface area contributed by atoms with Crippen LogP contribution in [0.5, 0.6) is 5.75 Å². The first-order valence-electron chi connectivity index (χ1n) is 13.7. The van der Waals surface area contributed by atoms with Gasteiger partial charge in [-0.3, -0.25) is 9.59 Å². The van der Waals surface area contributed by atoms with E-state index < -0.39 is 24.3 Å². The Balaban J connectivity index is 1.47. The number of benzene rings is 2. The number of hydrogen-bond donors (Lipinski definition) is 0. The van der Waals surface area contributed by atoms with Gasteiger partial charge in [0, 0.05) is 30.5 Å². The molecule has 2 aromatic rings. The summed E-state index contributed by atoms with van der Waals surface area (Å²) in [6, 6.07) is 12.8. The summed E-state index contributed by atoms with van der Waals surface area (Å²) >= 11 is 0. The van der Waals surface area contributed by atoms with Crippen molar-refractivity contribution in [1.29, 1.82) is 0 Å². The number of rotatable bonds is 9. The van der Waals surface area contributed by atoms with Crippen LogP contribution in [0.15, 0.2) is 42.5 Å². The van der Waals surface area contributed by atoms with Crippen LogP contribution in [-0.4, -0.2) is 66.7 Å². The molecule has 0 saturated carbocycles. The van der Waals surface area contributed by atoms with Gasteiger partial charge in [0.05, 0.1) is 30.7 Å². The number of carbonyl (C=O) groups excluding carboxylic acids is 3. The van der Waals surface area contributed by atoms with Crippen molar-refractivity contribution in [2.24, 2.45) is 0 Å². The number of nitrogens with zero attached hydrogens (tertiary/aromatic N) is 1. The van der Waals surface area contributed by atoms with Crippen molar-refractivity contribution < 1.29 is 33.0 Å². The van der Waals surface area contributed by atoms with Gasteiger partial charge in [0.2, 0.25) is 0 Å². The van der Waals surface area contributed by atoms with Gasteiger partial charge in [-0.25, -0.2) is 9.18 Å². The Morgan fingerprint density at radius 3 is 2.51 bits per heavy atom. The zero-order chi connectivity index (χ0) is 28.2. The second kappa shape index (κ2) is 12.3. The average Bonchev–Trinajstić information content (AvgIpc) is 3.30. The SMILES string of the molecule is CCC(=O)c1cc(C(=O)CCC[C@@H]2CN(C(=O)OC(C)(C)C)CCO2)cc2c1O[C@H](CF)[C@H]2c1ccccc1. The van der Waals surface area contributed by atoms with Crippen LogP contribution in [-0.2, 0) is 9.47 Å². The summed E-state index contributed by atoms with van der Waals surface area (Å²) < 4.78 is 31.3. The summed E-state index contributed by atoms with van der Waals surface area (Å²) in [6.07, 6.45) is 0.373. The Morgan fingerprint density at radius 1 is 1.10 bits per heavy atom. The molecule has 0 spiro atoms. The zero-order valence-corrected chi connectivity index (χ0v) is 23.2. The Labute approximate surface area is 229 Å². The van der Waals surface area contributed by atoms with E-state index in [0.29, 0.717) is 55.0 Å². The number of fused-ring (bicyclic) bond motifs is 1. The maximum absolute atomic E-state index is 14.1. The maximum Gasteiger partial charge on any atom is 0.410 e. The van der Waals surface area contributed by atoms with Gasteiger partial charge >= 0.3 is 6.09 Å². The molecule has 2 aromatic carbocycles. The standard InChI is InChI=1S/C31H38FNO6/c1-5-25(34)23-16-21(17-24-28(20-10-7-6-8-11-20)27(18-32)38-29(23)24)26(35)13-9-12-22-19-33(14-15-37-22)30(36)39-31(2,3)4/h6-8,10-11,16-17,22,27-28H,5,9,12-15,18-19H2,1-4H3/t22-,27-,28+/m1/s1. The number of carbonyl (C=O) groups is 3. The van der Waals surface area contributed by atoms with Gasteiger partial charge in [-0.05, 0) is 51.3 Å². The molecular formula is C31H38FNO6. The quantitative estimate of drug-likeness (QED) is 0.357. The number of Topliss-reactive ketones (excluding diaryl/α,β-unsaturated/α-hetero) is 2. The number of alkyl halides is 1. The fourth-order valence-electron chi connectivity index (χ4n) is 5.19. The fourth-order valence-corrected chi connectivity index (χ4v) is 5.19. The molecule has 0 aliphatic carbocycles. The minimum absolute atomic E-state index is 0.0988. The highest BCUT2D eigenvalue weighted by Crippen LogP contribution is 2.45. The Hall–Kier alpha value is -3.26. The number of hydrogen-bond acceptors (Lipinski definition) is 6. The molecule has 2 aliphatic heterocycles. The van der Waals surface area contributed by atoms with Crippen LogP contribution >= 0.6 is 0 Å². The van der Waals surface area contributed by atoms with E-state index >= 15 is 0 Å². The predicted molar refractivity (Wildman–Crippen MR) is 145 cm³/mol. The summed E-state index contributed by atoms with van der Waals surface area (Å²) in [6.45, 7) is 7.84. The first-order valence-corrected chi connectivity index (χ1v) is 13.7. The van der Waals surface area contributed by atoms with Crippen LogP contribution in [0.1, 0.15) is 91.1 Å². The molecule has 8 heteroatoms. The van der Waals surface area contributed by atoms with Crippen LogP contribution in [0, 0.1) is 0 Å². The monoisotopic (exact) mass is 539 g/mol. The lowest BCUT2D eigenvalue weighted by Crippen LogP contribution is -2.47. The highest BCUT2D eigenvalue weighted by molar-refractivity contribution is 6.04. The van der Waals surface area contributed by atoms with Crippen molar-refractivity contribution in [1.82, 2.24) is 4.90 Å². The van der Waals surface area contributed by atoms with Crippen molar-refractivity contribution in [2.75, 3.05) is 26.4 Å². The Bertz CT molecular complexity index is 1190. The lowest BCUT2D eigenvalue weighted by molar-refractivity contribution is -0.0450. The van der Waals surface area contributed by atoms with Crippen LogP contribution < -0.4 is 4.74 Å². The molecule has 0 N–H and O–H groups in total. The van der Waals surface area contributed by atoms with E-state index in [1.807, 2.05) is 51.1 Å². The number of amides is 1. The Kier molecular flexibility index (Phi) is 9.05. The van der Waals surface area contributed by atoms with E-state index in [1.165, 1.54) is 0 Å². The smallest absolute Gasteiger partial charge is 0.410 e. The minimum Gasteiger partial charge on any atom is -0.486 e. The molecule has 210 valence electrons. The molecule has 0 bridgehead atoms. The molecule has 1 saturated heterocycles. The van der Waals surface area contributed by atoms with E-state index in [1.54, 1.807) is 24.0 Å². The molecule has 3 atom stereocenters. The predicted octanol–water partition coefficient (Wildman–Crippen LogP) is 6.13. The summed E-state index contributed by atoms with van der Waals surface area (Å²) in [5.41, 5.74) is 1.74. The van der Waals surface area contributed by atoms with Crippen molar-refractivity contribution in [2.45, 2.75) is 77.1 Å². The molecule has 2 heterocycles. The molecule has 1 fully saturated rings. The van der Waals surface area contributed by atoms with Crippen LogP contribution in [0.25, 0.3) is 0 Å². The van der Waals surface area contributed by atoms with Gasteiger partial charge in [-0.1, -0.05) is 37.3 Å². The van der Waals surface area contributed by atoms with Crippen molar-refractivity contribution in [3.05, 3.63) is 64.7 Å². The van der Waals surface area contributed by atoms with E-state index in [9.17, 15) is 18.8 Å².